The maximum Gasteiger partial charge on any atom is 0.222 e. The molecule has 198 valence electrons. The van der Waals surface area contributed by atoms with E-state index in [-0.39, 0.29) is 5.92 Å². The van der Waals surface area contributed by atoms with Crippen molar-refractivity contribution in [2.45, 2.75) is 65.2 Å². The monoisotopic (exact) mass is 640 g/mol. The van der Waals surface area contributed by atoms with Crippen molar-refractivity contribution < 1.29 is 4.79 Å². The van der Waals surface area contributed by atoms with E-state index in [4.69, 9.17) is 17.3 Å². The predicted octanol–water partition coefficient (Wildman–Crippen LogP) is 7.05. The number of carbonyl (C=O) groups is 1. The Hall–Kier alpha value is -0.990. The van der Waals surface area contributed by atoms with Crippen molar-refractivity contribution in [1.82, 2.24) is 14.8 Å². The minimum absolute atomic E-state index is 0.222. The maximum absolute atomic E-state index is 12.1. The van der Waals surface area contributed by atoms with Gasteiger partial charge in [0.15, 0.2) is 0 Å². The number of carbonyl (C=O) groups excluding carboxylic acids is 1. The van der Waals surface area contributed by atoms with E-state index < -0.39 is 0 Å². The lowest BCUT2D eigenvalue weighted by molar-refractivity contribution is -0.133. The van der Waals surface area contributed by atoms with Crippen molar-refractivity contribution >= 4 is 49.4 Å². The van der Waals surface area contributed by atoms with Gasteiger partial charge in [-0.1, -0.05) is 34.5 Å². The molecular weight excluding hydrogens is 604 g/mol. The molecule has 2 fully saturated rings. The summed E-state index contributed by atoms with van der Waals surface area (Å²) in [5, 5.41) is 0.751. The number of hydrogen-bond donors (Lipinski definition) is 1. The Kier molecular flexibility index (Phi) is 11.7. The highest BCUT2D eigenvalue weighted by molar-refractivity contribution is 9.10. The molecule has 2 aromatic rings. The first kappa shape index (κ1) is 29.6. The van der Waals surface area contributed by atoms with Gasteiger partial charge in [-0.05, 0) is 116 Å². The van der Waals surface area contributed by atoms with Crippen LogP contribution in [0.3, 0.4) is 0 Å². The fourth-order valence-electron chi connectivity index (χ4n) is 5.30. The molecule has 2 N–H and O–H groups in total. The van der Waals surface area contributed by atoms with Crippen LogP contribution in [-0.2, 0) is 4.79 Å². The summed E-state index contributed by atoms with van der Waals surface area (Å²) in [5.41, 5.74) is 10.3. The third kappa shape index (κ3) is 8.26. The SMILES string of the molecule is Cc1cc(Br)cnc1C(C)c1c(C)cc(Cl)cc1Br.NCN1CCC(CC(=O)N2CCCCC2)CC1. The summed E-state index contributed by atoms with van der Waals surface area (Å²) in [4.78, 5) is 21.0. The zero-order valence-electron chi connectivity index (χ0n) is 21.7. The summed E-state index contributed by atoms with van der Waals surface area (Å²) < 4.78 is 2.04. The predicted molar refractivity (Wildman–Crippen MR) is 156 cm³/mol. The largest absolute Gasteiger partial charge is 0.343 e. The zero-order valence-corrected chi connectivity index (χ0v) is 25.6. The first-order valence-electron chi connectivity index (χ1n) is 13.0. The quantitative estimate of drug-likeness (QED) is 0.380. The van der Waals surface area contributed by atoms with Gasteiger partial charge in [0.2, 0.25) is 5.91 Å². The average Bonchev–Trinajstić information content (AvgIpc) is 2.84. The van der Waals surface area contributed by atoms with Crippen LogP contribution in [0.5, 0.6) is 0 Å². The number of pyridine rings is 1. The van der Waals surface area contributed by atoms with Gasteiger partial charge in [0.05, 0.1) is 5.69 Å². The van der Waals surface area contributed by atoms with Crippen LogP contribution in [0.15, 0.2) is 33.3 Å². The van der Waals surface area contributed by atoms with Gasteiger partial charge < -0.3 is 10.6 Å². The molecule has 2 aliphatic rings. The number of aryl methyl sites for hydroxylation is 2. The van der Waals surface area contributed by atoms with Gasteiger partial charge in [-0.3, -0.25) is 14.7 Å². The highest BCUT2D eigenvalue weighted by Gasteiger charge is 2.24. The molecule has 5 nitrogen and oxygen atoms in total. The number of benzene rings is 1. The Bertz CT molecular complexity index is 998. The lowest BCUT2D eigenvalue weighted by Crippen LogP contribution is -2.40. The Balaban J connectivity index is 0.000000202. The summed E-state index contributed by atoms with van der Waals surface area (Å²) in [7, 11) is 0. The Morgan fingerprint density at radius 2 is 1.75 bits per heavy atom. The van der Waals surface area contributed by atoms with E-state index in [0.29, 0.717) is 18.5 Å². The van der Waals surface area contributed by atoms with E-state index in [1.165, 1.54) is 36.0 Å². The molecule has 1 atom stereocenters. The van der Waals surface area contributed by atoms with E-state index >= 15 is 0 Å². The normalized spacial score (nSPS) is 17.9. The van der Waals surface area contributed by atoms with Crippen LogP contribution >= 0.6 is 43.5 Å². The maximum atomic E-state index is 12.1. The van der Waals surface area contributed by atoms with Crippen LogP contribution in [-0.4, -0.2) is 53.5 Å². The Labute approximate surface area is 238 Å². The number of rotatable bonds is 5. The molecule has 36 heavy (non-hydrogen) atoms. The number of piperidine rings is 2. The van der Waals surface area contributed by atoms with E-state index in [1.54, 1.807) is 0 Å². The molecule has 0 radical (unpaired) electrons. The van der Waals surface area contributed by atoms with E-state index in [0.717, 1.165) is 65.1 Å². The molecule has 0 aliphatic carbocycles. The third-order valence-electron chi connectivity index (χ3n) is 7.37. The lowest BCUT2D eigenvalue weighted by atomic mass is 9.91. The Morgan fingerprint density at radius 3 is 2.33 bits per heavy atom. The van der Waals surface area contributed by atoms with Crippen molar-refractivity contribution in [3.8, 4) is 0 Å². The molecular formula is C28H39Br2ClN4O. The summed E-state index contributed by atoms with van der Waals surface area (Å²) in [6.07, 6.45) is 8.55. The molecule has 1 aromatic carbocycles. The van der Waals surface area contributed by atoms with Crippen LogP contribution in [0.25, 0.3) is 0 Å². The molecule has 1 unspecified atom stereocenters. The third-order valence-corrected chi connectivity index (χ3v) is 8.68. The summed E-state index contributed by atoms with van der Waals surface area (Å²) >= 11 is 13.1. The average molecular weight is 643 g/mol. The van der Waals surface area contributed by atoms with Gasteiger partial charge in [0.1, 0.15) is 0 Å². The fraction of sp³-hybridized carbons (Fsp3) is 0.571. The van der Waals surface area contributed by atoms with E-state index in [9.17, 15) is 4.79 Å². The van der Waals surface area contributed by atoms with Crippen LogP contribution < -0.4 is 5.73 Å². The second kappa shape index (κ2) is 14.2. The van der Waals surface area contributed by atoms with Gasteiger partial charge in [-0.2, -0.15) is 0 Å². The van der Waals surface area contributed by atoms with Crippen molar-refractivity contribution in [1.29, 1.82) is 0 Å². The minimum Gasteiger partial charge on any atom is -0.343 e. The number of halogens is 3. The van der Waals surface area contributed by atoms with Crippen molar-refractivity contribution in [3.63, 3.8) is 0 Å². The first-order chi connectivity index (χ1) is 17.2. The lowest BCUT2D eigenvalue weighted by Gasteiger charge is -2.33. The number of aromatic nitrogens is 1. The minimum atomic E-state index is 0.222. The molecule has 4 rings (SSSR count). The summed E-state index contributed by atoms with van der Waals surface area (Å²) in [6.45, 7) is 11.1. The number of amides is 1. The van der Waals surface area contributed by atoms with Gasteiger partial charge >= 0.3 is 0 Å². The van der Waals surface area contributed by atoms with Gasteiger partial charge in [-0.25, -0.2) is 0 Å². The summed E-state index contributed by atoms with van der Waals surface area (Å²) in [6, 6.07) is 6.03. The molecule has 1 aromatic heterocycles. The molecule has 2 aliphatic heterocycles. The van der Waals surface area contributed by atoms with Crippen molar-refractivity contribution in [3.05, 3.63) is 60.7 Å². The number of likely N-dealkylation sites (tertiary alicyclic amines) is 2. The van der Waals surface area contributed by atoms with Gasteiger partial charge in [-0.15, -0.1) is 0 Å². The van der Waals surface area contributed by atoms with Crippen molar-refractivity contribution in [2.75, 3.05) is 32.8 Å². The van der Waals surface area contributed by atoms with E-state index in [1.807, 2.05) is 18.3 Å². The van der Waals surface area contributed by atoms with Crippen LogP contribution in [0.2, 0.25) is 5.02 Å². The first-order valence-corrected chi connectivity index (χ1v) is 14.9. The molecule has 0 saturated carbocycles. The zero-order chi connectivity index (χ0) is 26.2. The molecule has 8 heteroatoms. The molecule has 0 spiro atoms. The van der Waals surface area contributed by atoms with Crippen LogP contribution in [0, 0.1) is 19.8 Å². The smallest absolute Gasteiger partial charge is 0.222 e. The topological polar surface area (TPSA) is 62.5 Å². The number of nitrogens with two attached hydrogens (primary N) is 1. The fourth-order valence-corrected chi connectivity index (χ4v) is 7.05. The highest BCUT2D eigenvalue weighted by atomic mass is 79.9. The van der Waals surface area contributed by atoms with E-state index in [2.05, 4.69) is 73.5 Å². The van der Waals surface area contributed by atoms with Crippen LogP contribution in [0.1, 0.15) is 73.8 Å². The molecule has 2 saturated heterocycles. The summed E-state index contributed by atoms with van der Waals surface area (Å²) in [5.74, 6) is 1.20. The van der Waals surface area contributed by atoms with Crippen molar-refractivity contribution in [2.24, 2.45) is 11.7 Å². The van der Waals surface area contributed by atoms with Crippen LogP contribution in [0.4, 0.5) is 0 Å². The van der Waals surface area contributed by atoms with Gasteiger partial charge in [0, 0.05) is 52.3 Å². The molecule has 0 bridgehead atoms. The van der Waals surface area contributed by atoms with Gasteiger partial charge in [0.25, 0.3) is 0 Å². The highest BCUT2D eigenvalue weighted by Crippen LogP contribution is 2.35. The number of nitrogens with zero attached hydrogens (tertiary/aromatic N) is 3. The Morgan fingerprint density at radius 1 is 1.08 bits per heavy atom. The second-order valence-electron chi connectivity index (χ2n) is 10.1. The standard InChI is InChI=1S/C15H14Br2ClN.C13H25N3O/c1-8-5-12(18)6-13(17)14(8)10(3)15-9(2)4-11(16)7-19-15;14-11-15-8-4-12(5-9-15)10-13(17)16-6-2-1-3-7-16/h4-7,10H,1-3H3;12H,1-11,14H2. The second-order valence-corrected chi connectivity index (χ2v) is 12.3. The molecule has 1 amide bonds. The number of hydrogen-bond acceptors (Lipinski definition) is 4. The molecule has 3 heterocycles.